The second-order valence-corrected chi connectivity index (χ2v) is 29.7. The van der Waals surface area contributed by atoms with E-state index in [1.165, 1.54) is 90.3 Å². The van der Waals surface area contributed by atoms with Crippen LogP contribution in [-0.4, -0.2) is 95.0 Å². The maximum absolute atomic E-state index is 4.66. The highest BCUT2D eigenvalue weighted by Gasteiger charge is 2.40. The van der Waals surface area contributed by atoms with Gasteiger partial charge in [0.2, 0.25) is 0 Å². The lowest BCUT2D eigenvalue weighted by Gasteiger charge is -2.30. The Morgan fingerprint density at radius 1 is 0.202 bits per heavy atom. The smallest absolute Gasteiger partial charge is 0.178 e. The van der Waals surface area contributed by atoms with Crippen LogP contribution in [0.25, 0.3) is 0 Å². The molecule has 19 rings (SSSR count). The van der Waals surface area contributed by atoms with Crippen LogP contribution < -0.4 is 53.9 Å². The normalized spacial score (nSPS) is 17.8. The van der Waals surface area contributed by atoms with Crippen molar-refractivity contribution < 1.29 is 0 Å². The van der Waals surface area contributed by atoms with Crippen molar-refractivity contribution in [3.63, 3.8) is 0 Å². The van der Waals surface area contributed by atoms with Crippen LogP contribution >= 0.6 is 0 Å². The SMILES string of the molecule is Cc1ccccc1N1C=CN(C)C1C.Cc1ccccc1N1c2ccccc2N(C)C1C.Cc1ccccc1N1c2cccnc2N(C)C1C.Cc1ccccc1N1c2cccnc2N(c2ccccc2)C1C.Cc1ccccc1N1c2ncccc2N(C)C1C.Cc1ccccc1N1c2nccnc2N(c2ccccc2)C1C. The molecule has 0 saturated carbocycles. The van der Waals surface area contributed by atoms with Gasteiger partial charge in [-0.1, -0.05) is 158 Å². The average molecular weight is 1510 g/mol. The molecule has 17 nitrogen and oxygen atoms in total. The topological polar surface area (TPSA) is 103 Å². The third-order valence-corrected chi connectivity index (χ3v) is 22.7. The van der Waals surface area contributed by atoms with E-state index in [1.54, 1.807) is 12.4 Å². The molecule has 6 atom stereocenters. The summed E-state index contributed by atoms with van der Waals surface area (Å²) in [6.07, 6.45) is 14.9. The van der Waals surface area contributed by atoms with E-state index < -0.39 is 0 Å². The lowest BCUT2D eigenvalue weighted by Crippen LogP contribution is -2.36. The van der Waals surface area contributed by atoms with E-state index in [-0.39, 0.29) is 24.7 Å². The fourth-order valence-electron chi connectivity index (χ4n) is 16.1. The number of rotatable bonds is 8. The predicted octanol–water partition coefficient (Wildman–Crippen LogP) is 22.6. The highest BCUT2D eigenvalue weighted by molar-refractivity contribution is 5.89. The molecule has 578 valence electrons. The summed E-state index contributed by atoms with van der Waals surface area (Å²) in [7, 11) is 8.46. The fraction of sp³-hybridized carbons (Fsp3) is 0.227. The Morgan fingerprint density at radius 3 is 0.921 bits per heavy atom. The largest absolute Gasteiger partial charge is 0.359 e. The highest BCUT2D eigenvalue weighted by atomic mass is 15.5. The minimum absolute atomic E-state index is 0.107. The van der Waals surface area contributed by atoms with Gasteiger partial charge in [0, 0.05) is 117 Å². The molecule has 17 heteroatoms. The van der Waals surface area contributed by atoms with Gasteiger partial charge in [0.05, 0.1) is 28.4 Å². The summed E-state index contributed by atoms with van der Waals surface area (Å²) < 4.78 is 0. The first-order valence-corrected chi connectivity index (χ1v) is 39.4. The van der Waals surface area contributed by atoms with Gasteiger partial charge in [-0.3, -0.25) is 0 Å². The second-order valence-electron chi connectivity index (χ2n) is 29.7. The molecular weight excluding hydrogens is 1400 g/mol. The van der Waals surface area contributed by atoms with Crippen LogP contribution in [0, 0.1) is 41.5 Å². The maximum Gasteiger partial charge on any atom is 0.178 e. The third-order valence-electron chi connectivity index (χ3n) is 22.7. The Kier molecular flexibility index (Phi) is 23.3. The van der Waals surface area contributed by atoms with E-state index in [4.69, 9.17) is 0 Å². The van der Waals surface area contributed by atoms with Crippen molar-refractivity contribution in [2.24, 2.45) is 0 Å². The molecule has 0 N–H and O–H groups in total. The zero-order valence-electron chi connectivity index (χ0n) is 68.5. The first-order chi connectivity index (χ1) is 55.3. The van der Waals surface area contributed by atoms with Crippen molar-refractivity contribution in [2.45, 2.75) is 120 Å². The first kappa shape index (κ1) is 77.6. The second kappa shape index (κ2) is 34.2. The van der Waals surface area contributed by atoms with Crippen molar-refractivity contribution in [3.05, 3.63) is 344 Å². The van der Waals surface area contributed by atoms with Crippen LogP contribution in [0.15, 0.2) is 310 Å². The number of para-hydroxylation sites is 10. The zero-order chi connectivity index (χ0) is 79.8. The van der Waals surface area contributed by atoms with Crippen molar-refractivity contribution in [2.75, 3.05) is 82.1 Å². The molecule has 4 aromatic heterocycles. The quantitative estimate of drug-likeness (QED) is 0.144. The molecule has 0 saturated heterocycles. The van der Waals surface area contributed by atoms with Crippen molar-refractivity contribution in [1.82, 2.24) is 29.8 Å². The van der Waals surface area contributed by atoms with Gasteiger partial charge in [-0.25, -0.2) is 24.9 Å². The Bertz CT molecular complexity index is 5070. The van der Waals surface area contributed by atoms with Crippen LogP contribution in [0.4, 0.5) is 103 Å². The molecule has 10 heterocycles. The summed E-state index contributed by atoms with van der Waals surface area (Å²) in [5.41, 5.74) is 23.6. The summed E-state index contributed by atoms with van der Waals surface area (Å²) in [6.45, 7) is 26.1. The summed E-state index contributed by atoms with van der Waals surface area (Å²) in [4.78, 5) is 50.4. The minimum atomic E-state index is 0.107. The Labute approximate surface area is 674 Å². The molecule has 6 aliphatic rings. The number of benzene rings is 9. The summed E-state index contributed by atoms with van der Waals surface area (Å²) in [6, 6.07) is 92.7. The molecule has 6 unspecified atom stereocenters. The predicted molar refractivity (Wildman–Crippen MR) is 477 cm³/mol. The van der Waals surface area contributed by atoms with E-state index in [0.29, 0.717) is 12.3 Å². The molecule has 9 aromatic carbocycles. The molecule has 0 bridgehead atoms. The van der Waals surface area contributed by atoms with Crippen LogP contribution in [0.5, 0.6) is 0 Å². The van der Waals surface area contributed by atoms with Crippen molar-refractivity contribution in [3.8, 4) is 0 Å². The fourth-order valence-corrected chi connectivity index (χ4v) is 16.1. The molecule has 0 fully saturated rings. The molecule has 0 amide bonds. The number of nitrogens with zero attached hydrogens (tertiary/aromatic N) is 17. The van der Waals surface area contributed by atoms with E-state index >= 15 is 0 Å². The van der Waals surface area contributed by atoms with Gasteiger partial charge in [0.25, 0.3) is 0 Å². The number of anilines is 18. The number of hydrogen-bond acceptors (Lipinski definition) is 17. The Morgan fingerprint density at radius 2 is 0.482 bits per heavy atom. The number of hydrogen-bond donors (Lipinski definition) is 0. The lowest BCUT2D eigenvalue weighted by molar-refractivity contribution is 0.383. The van der Waals surface area contributed by atoms with Crippen molar-refractivity contribution >= 4 is 103 Å². The number of aryl methyl sites for hydroxylation is 6. The summed E-state index contributed by atoms with van der Waals surface area (Å²) in [5.74, 6) is 4.90. The highest BCUT2D eigenvalue weighted by Crippen LogP contribution is 2.50. The molecule has 0 spiro atoms. The van der Waals surface area contributed by atoms with Gasteiger partial charge < -0.3 is 58.8 Å². The molecule has 6 aliphatic heterocycles. The van der Waals surface area contributed by atoms with Gasteiger partial charge >= 0.3 is 0 Å². The van der Waals surface area contributed by atoms with Crippen LogP contribution in [-0.2, 0) is 0 Å². The molecule has 114 heavy (non-hydrogen) atoms. The van der Waals surface area contributed by atoms with E-state index in [9.17, 15) is 0 Å². The standard InChI is InChI=1S/C20H19N3.C19H18N4.C16H18N2.2C15H17N3.C12H16N2/c1-15-9-6-7-12-18(15)23-16(2)22(17-10-4-3-5-11-17)20-19(23)13-8-14-21-20;1-14-8-6-7-11-17(14)23-15(2)22(16-9-4-3-5-10-16)18-19(23)21-13-12-20-18;1-12-8-4-5-9-14(12)18-13(2)17(3)15-10-6-7-11-16(15)18;1-11-7-4-5-8-13(11)18-12(2)17(3)15-14(18)9-6-10-16-15;1-11-7-4-5-8-13(11)18-12(2)17(3)14-9-6-10-16-15(14)18;1-10-6-4-5-7-12(10)14-9-8-13(3)11(14)2/h3-14,16H,1-2H3;3-13,15H,1-2H3;4-11,13H,1-3H3;2*4-10,12H,1-3H3;4-9,11H,1-3H3. The van der Waals surface area contributed by atoms with Gasteiger partial charge in [0.1, 0.15) is 37.0 Å². The van der Waals surface area contributed by atoms with Crippen molar-refractivity contribution in [1.29, 1.82) is 0 Å². The Hall–Kier alpha value is -13.2. The van der Waals surface area contributed by atoms with Crippen LogP contribution in [0.3, 0.4) is 0 Å². The van der Waals surface area contributed by atoms with Gasteiger partial charge in [-0.15, -0.1) is 0 Å². The lowest BCUT2D eigenvalue weighted by atomic mass is 10.1. The number of fused-ring (bicyclic) bond motifs is 5. The average Bonchev–Trinajstić information content (AvgIpc) is 1.61. The zero-order valence-corrected chi connectivity index (χ0v) is 68.5. The van der Waals surface area contributed by atoms with E-state index in [0.717, 1.165) is 46.2 Å². The van der Waals surface area contributed by atoms with Gasteiger partial charge in [-0.2, -0.15) is 0 Å². The summed E-state index contributed by atoms with van der Waals surface area (Å²) in [5, 5.41) is 0. The molecule has 13 aromatic rings. The molecular formula is C97H105N17. The molecule has 0 radical (unpaired) electrons. The van der Waals surface area contributed by atoms with Gasteiger partial charge in [0.15, 0.2) is 29.1 Å². The maximum atomic E-state index is 4.66. The number of pyridine rings is 3. The Balaban J connectivity index is 0.000000114. The third kappa shape index (κ3) is 15.3. The number of aromatic nitrogens is 5. The minimum Gasteiger partial charge on any atom is -0.359 e. The van der Waals surface area contributed by atoms with Crippen LogP contribution in [0.1, 0.15) is 74.9 Å². The molecule has 0 aliphatic carbocycles. The van der Waals surface area contributed by atoms with Crippen LogP contribution in [0.2, 0.25) is 0 Å². The van der Waals surface area contributed by atoms with Gasteiger partial charge in [-0.05, 0) is 226 Å². The first-order valence-electron chi connectivity index (χ1n) is 39.4. The van der Waals surface area contributed by atoms with E-state index in [2.05, 4.69) is 444 Å². The van der Waals surface area contributed by atoms with E-state index in [1.807, 2.05) is 48.9 Å². The monoisotopic (exact) mass is 1510 g/mol. The summed E-state index contributed by atoms with van der Waals surface area (Å²) >= 11 is 0.